The minimum atomic E-state index is -0.0738. The molecule has 3 heteroatoms. The first kappa shape index (κ1) is 13.1. The number of hydrogen-bond acceptors (Lipinski definition) is 3. The third kappa shape index (κ3) is 2.91. The van der Waals surface area contributed by atoms with Crippen LogP contribution >= 0.6 is 0 Å². The summed E-state index contributed by atoms with van der Waals surface area (Å²) < 4.78 is 5.18. The number of esters is 1. The molecule has 98 valence electrons. The average Bonchev–Trinajstić information content (AvgIpc) is 2.40. The molecule has 0 bridgehead atoms. The summed E-state index contributed by atoms with van der Waals surface area (Å²) in [5, 5.41) is 3.44. The fourth-order valence-electron chi connectivity index (χ4n) is 2.52. The minimum absolute atomic E-state index is 0.0543. The summed E-state index contributed by atoms with van der Waals surface area (Å²) in [6, 6.07) is 8.48. The molecule has 1 heterocycles. The lowest BCUT2D eigenvalue weighted by molar-refractivity contribution is -0.150. The Hall–Kier alpha value is -1.35. The smallest absolute Gasteiger partial charge is 0.310 e. The van der Waals surface area contributed by atoms with Crippen LogP contribution in [0.3, 0.4) is 0 Å². The van der Waals surface area contributed by atoms with Gasteiger partial charge in [-0.1, -0.05) is 29.8 Å². The van der Waals surface area contributed by atoms with Gasteiger partial charge in [-0.25, -0.2) is 0 Å². The highest BCUT2D eigenvalue weighted by Crippen LogP contribution is 2.30. The molecule has 2 atom stereocenters. The van der Waals surface area contributed by atoms with Gasteiger partial charge in [-0.3, -0.25) is 4.79 Å². The van der Waals surface area contributed by atoms with Crippen molar-refractivity contribution < 1.29 is 9.53 Å². The molecule has 18 heavy (non-hydrogen) atoms. The van der Waals surface area contributed by atoms with Crippen LogP contribution in [0, 0.1) is 12.8 Å². The molecule has 2 unspecified atom stereocenters. The van der Waals surface area contributed by atoms with E-state index < -0.39 is 0 Å². The third-order valence-electron chi connectivity index (χ3n) is 3.48. The summed E-state index contributed by atoms with van der Waals surface area (Å²) in [4.78, 5) is 12.0. The Morgan fingerprint density at radius 2 is 2.11 bits per heavy atom. The van der Waals surface area contributed by atoms with Gasteiger partial charge in [-0.2, -0.15) is 0 Å². The maximum atomic E-state index is 12.0. The van der Waals surface area contributed by atoms with Crippen LogP contribution in [0.4, 0.5) is 0 Å². The summed E-state index contributed by atoms with van der Waals surface area (Å²) >= 11 is 0. The maximum absolute atomic E-state index is 12.0. The van der Waals surface area contributed by atoms with E-state index in [9.17, 15) is 4.79 Å². The lowest BCUT2D eigenvalue weighted by Crippen LogP contribution is -2.39. The average molecular weight is 247 g/mol. The topological polar surface area (TPSA) is 38.3 Å². The lowest BCUT2D eigenvalue weighted by Gasteiger charge is -2.31. The molecule has 1 aliphatic rings. The summed E-state index contributed by atoms with van der Waals surface area (Å²) in [6.07, 6.45) is 1.94. The molecule has 0 aliphatic carbocycles. The second kappa shape index (κ2) is 6.01. The Balaban J connectivity index is 2.17. The van der Waals surface area contributed by atoms with Crippen molar-refractivity contribution >= 4 is 5.97 Å². The molecule has 0 radical (unpaired) electrons. The van der Waals surface area contributed by atoms with E-state index in [1.54, 1.807) is 0 Å². The number of ether oxygens (including phenoxy) is 1. The largest absolute Gasteiger partial charge is 0.466 e. The summed E-state index contributed by atoms with van der Waals surface area (Å²) in [6.45, 7) is 5.35. The van der Waals surface area contributed by atoms with Gasteiger partial charge in [0.05, 0.1) is 12.5 Å². The fourth-order valence-corrected chi connectivity index (χ4v) is 2.52. The summed E-state index contributed by atoms with van der Waals surface area (Å²) in [7, 11) is 0. The van der Waals surface area contributed by atoms with Crippen molar-refractivity contribution in [3.05, 3.63) is 35.4 Å². The number of aryl methyl sites for hydroxylation is 1. The van der Waals surface area contributed by atoms with Crippen LogP contribution < -0.4 is 5.32 Å². The van der Waals surface area contributed by atoms with E-state index in [0.29, 0.717) is 6.61 Å². The van der Waals surface area contributed by atoms with Gasteiger partial charge in [-0.05, 0) is 38.8 Å². The number of hydrogen-bond donors (Lipinski definition) is 1. The van der Waals surface area contributed by atoms with Gasteiger partial charge in [0.25, 0.3) is 0 Å². The monoisotopic (exact) mass is 247 g/mol. The second-order valence-electron chi connectivity index (χ2n) is 4.84. The Morgan fingerprint density at radius 1 is 1.39 bits per heavy atom. The van der Waals surface area contributed by atoms with Crippen molar-refractivity contribution in [3.8, 4) is 0 Å². The zero-order valence-electron chi connectivity index (χ0n) is 11.1. The van der Waals surface area contributed by atoms with Crippen LogP contribution in [0.1, 0.15) is 36.9 Å². The van der Waals surface area contributed by atoms with Crippen molar-refractivity contribution in [1.29, 1.82) is 0 Å². The van der Waals surface area contributed by atoms with Crippen LogP contribution in [0.15, 0.2) is 24.3 Å². The predicted molar refractivity (Wildman–Crippen MR) is 71.3 cm³/mol. The highest BCUT2D eigenvalue weighted by atomic mass is 16.5. The molecular weight excluding hydrogens is 226 g/mol. The molecule has 2 rings (SSSR count). The molecule has 0 aromatic heterocycles. The Labute approximate surface area is 109 Å². The summed E-state index contributed by atoms with van der Waals surface area (Å²) in [5.74, 6) is -0.128. The van der Waals surface area contributed by atoms with E-state index in [4.69, 9.17) is 4.74 Å². The van der Waals surface area contributed by atoms with Crippen molar-refractivity contribution in [2.24, 2.45) is 5.92 Å². The van der Waals surface area contributed by atoms with Gasteiger partial charge < -0.3 is 10.1 Å². The maximum Gasteiger partial charge on any atom is 0.310 e. The zero-order chi connectivity index (χ0) is 13.0. The molecule has 1 aromatic carbocycles. The number of carbonyl (C=O) groups is 1. The Morgan fingerprint density at radius 3 is 2.78 bits per heavy atom. The van der Waals surface area contributed by atoms with E-state index in [-0.39, 0.29) is 17.9 Å². The quantitative estimate of drug-likeness (QED) is 0.834. The normalized spacial score (nSPS) is 23.7. The van der Waals surface area contributed by atoms with Crippen LogP contribution in [0.5, 0.6) is 0 Å². The van der Waals surface area contributed by atoms with Crippen molar-refractivity contribution in [2.75, 3.05) is 13.2 Å². The van der Waals surface area contributed by atoms with E-state index in [0.717, 1.165) is 19.4 Å². The zero-order valence-corrected chi connectivity index (χ0v) is 11.1. The Bertz CT molecular complexity index is 399. The fraction of sp³-hybridized carbons (Fsp3) is 0.533. The first-order chi connectivity index (χ1) is 8.72. The van der Waals surface area contributed by atoms with Crippen LogP contribution in [0.25, 0.3) is 0 Å². The molecule has 1 aliphatic heterocycles. The van der Waals surface area contributed by atoms with Gasteiger partial charge in [0.2, 0.25) is 0 Å². The molecule has 0 amide bonds. The van der Waals surface area contributed by atoms with Gasteiger partial charge >= 0.3 is 5.97 Å². The number of rotatable bonds is 3. The number of benzene rings is 1. The second-order valence-corrected chi connectivity index (χ2v) is 4.84. The first-order valence-electron chi connectivity index (χ1n) is 6.69. The lowest BCUT2D eigenvalue weighted by atomic mass is 9.86. The highest BCUT2D eigenvalue weighted by Gasteiger charge is 2.32. The molecule has 1 N–H and O–H groups in total. The number of nitrogens with one attached hydrogen (secondary N) is 1. The summed E-state index contributed by atoms with van der Waals surface area (Å²) in [5.41, 5.74) is 2.42. The van der Waals surface area contributed by atoms with Gasteiger partial charge in [0.15, 0.2) is 0 Å². The van der Waals surface area contributed by atoms with Crippen LogP contribution in [0.2, 0.25) is 0 Å². The van der Waals surface area contributed by atoms with Crippen molar-refractivity contribution in [1.82, 2.24) is 5.32 Å². The minimum Gasteiger partial charge on any atom is -0.466 e. The van der Waals surface area contributed by atoms with E-state index in [1.165, 1.54) is 11.1 Å². The molecule has 1 fully saturated rings. The van der Waals surface area contributed by atoms with Crippen molar-refractivity contribution in [2.45, 2.75) is 32.7 Å². The van der Waals surface area contributed by atoms with E-state index >= 15 is 0 Å². The highest BCUT2D eigenvalue weighted by molar-refractivity contribution is 5.73. The van der Waals surface area contributed by atoms with Crippen LogP contribution in [-0.4, -0.2) is 19.1 Å². The van der Waals surface area contributed by atoms with Gasteiger partial charge in [-0.15, -0.1) is 0 Å². The molecule has 1 aromatic rings. The van der Waals surface area contributed by atoms with E-state index in [2.05, 4.69) is 36.5 Å². The van der Waals surface area contributed by atoms with E-state index in [1.807, 2.05) is 6.92 Å². The molecular formula is C15H21NO2. The molecule has 3 nitrogen and oxygen atoms in total. The third-order valence-corrected chi connectivity index (χ3v) is 3.48. The van der Waals surface area contributed by atoms with Gasteiger partial charge in [0, 0.05) is 6.04 Å². The molecule has 0 spiro atoms. The standard InChI is InChI=1S/C15H21NO2/c1-3-18-15(17)13-5-4-10-16-14(13)12-8-6-11(2)7-9-12/h6-9,13-14,16H,3-5,10H2,1-2H3. The van der Waals surface area contributed by atoms with Crippen LogP contribution in [-0.2, 0) is 9.53 Å². The molecule has 1 saturated heterocycles. The predicted octanol–water partition coefficient (Wildman–Crippen LogP) is 2.60. The first-order valence-corrected chi connectivity index (χ1v) is 6.69. The van der Waals surface area contributed by atoms with Crippen molar-refractivity contribution in [3.63, 3.8) is 0 Å². The van der Waals surface area contributed by atoms with Gasteiger partial charge in [0.1, 0.15) is 0 Å². The molecule has 0 saturated carbocycles. The number of carbonyl (C=O) groups excluding carboxylic acids is 1. The number of piperidine rings is 1. The Kier molecular flexibility index (Phi) is 4.37. The SMILES string of the molecule is CCOC(=O)C1CCCNC1c1ccc(C)cc1.